The number of anilines is 4. The number of nitro groups is 4. The Hall–Kier alpha value is -11.2. The molecule has 0 saturated heterocycles. The Labute approximate surface area is 619 Å². The normalized spacial score (nSPS) is 12.8. The molecule has 0 spiro atoms. The summed E-state index contributed by atoms with van der Waals surface area (Å²) >= 11 is 0. The van der Waals surface area contributed by atoms with Crippen molar-refractivity contribution in [2.45, 2.75) is 89.4 Å². The summed E-state index contributed by atoms with van der Waals surface area (Å²) in [5, 5.41) is 105. The molecule has 0 radical (unpaired) electrons. The van der Waals surface area contributed by atoms with E-state index in [0.717, 1.165) is 24.3 Å². The number of phenolic OH excluding ortho intramolecular Hbond substituents is 2. The molecule has 8 bridgehead atoms. The number of aliphatic hydroxyl groups is 2. The lowest BCUT2D eigenvalue weighted by Gasteiger charge is -2.29. The van der Waals surface area contributed by atoms with E-state index in [1.165, 1.54) is 24.3 Å². The number of benzene rings is 8. The Kier molecular flexibility index (Phi) is 25.4. The number of phenols is 2. The highest BCUT2D eigenvalue weighted by atomic mass is 19.4. The number of aromatic hydroxyl groups is 2. The van der Waals surface area contributed by atoms with Gasteiger partial charge in [0.1, 0.15) is 58.3 Å². The van der Waals surface area contributed by atoms with Gasteiger partial charge >= 0.3 is 24.7 Å². The van der Waals surface area contributed by atoms with Crippen molar-refractivity contribution in [1.82, 2.24) is 0 Å². The van der Waals surface area contributed by atoms with Crippen LogP contribution in [-0.4, -0.2) is 130 Å². The maximum Gasteiger partial charge on any atom is 0.423 e. The van der Waals surface area contributed by atoms with E-state index >= 15 is 0 Å². The third-order valence-corrected chi connectivity index (χ3v) is 18.5. The standard InChI is InChI=1S/C74H74F12N10O14/c1-95(2,17-19-97)15-5-21-109-69-51-27-45(41-89-57-9-13-65(93(105)106)61(37-57)73(81,82)83)28-52(69)32-48-24-44(40-88-56-8-12-64(92(103)104)60(36-56)72(78,79)80)26-50(68(48)100)34-54-30-46(42-90-58-10-14-66(94(107)108)62(38-58)74(84,85)86)29-53(70(54)110-22-6-16-96(3,4)18-20-98)33-49-25-43(23-47(31-51)67(49)99)39-87-55-7-11-63(91(101)102)59(35-55)71(75,76)77/h7-14,23-30,35-38,87-90,97-98H,5-6,15-22,31-34,39-42H2,1-4H3/p+2. The Bertz CT molecular complexity index is 4380. The van der Waals surface area contributed by atoms with Crippen LogP contribution >= 0.6 is 0 Å². The maximum absolute atomic E-state index is 14.5. The highest BCUT2D eigenvalue weighted by Crippen LogP contribution is 2.45. The molecule has 0 saturated carbocycles. The van der Waals surface area contributed by atoms with Crippen molar-refractivity contribution in [2.75, 3.05) is 102 Å². The van der Waals surface area contributed by atoms with Crippen molar-refractivity contribution in [1.29, 1.82) is 0 Å². The number of halogens is 12. The molecule has 0 unspecified atom stereocenters. The second-order valence-electron chi connectivity index (χ2n) is 27.7. The highest BCUT2D eigenvalue weighted by Gasteiger charge is 2.42. The summed E-state index contributed by atoms with van der Waals surface area (Å²) in [4.78, 5) is 42.5. The first-order valence-electron chi connectivity index (χ1n) is 34.0. The minimum atomic E-state index is -5.21. The Morgan fingerprint density at radius 1 is 0.364 bits per heavy atom. The Balaban J connectivity index is 1.31. The molecule has 8 aromatic carbocycles. The van der Waals surface area contributed by atoms with Gasteiger partial charge in [0, 0.05) is 112 Å². The molecule has 0 atom stereocenters. The Morgan fingerprint density at radius 2 is 0.582 bits per heavy atom. The van der Waals surface area contributed by atoms with Crippen molar-refractivity contribution >= 4 is 45.5 Å². The fourth-order valence-electron chi connectivity index (χ4n) is 13.0. The number of quaternary nitrogens is 2. The Morgan fingerprint density at radius 3 is 0.782 bits per heavy atom. The minimum absolute atomic E-state index is 0.0686. The number of aliphatic hydroxyl groups excluding tert-OH is 2. The van der Waals surface area contributed by atoms with E-state index in [2.05, 4.69) is 21.3 Å². The number of ether oxygens (including phenoxy) is 2. The number of nitrogens with zero attached hydrogens (tertiary/aromatic N) is 6. The van der Waals surface area contributed by atoms with Gasteiger partial charge in [-0.2, -0.15) is 52.7 Å². The summed E-state index contributed by atoms with van der Waals surface area (Å²) in [5.41, 5.74) is -10.1. The van der Waals surface area contributed by atoms with Gasteiger partial charge in [0.2, 0.25) is 0 Å². The predicted molar refractivity (Wildman–Crippen MR) is 380 cm³/mol. The molecule has 0 heterocycles. The van der Waals surface area contributed by atoms with E-state index in [9.17, 15) is 114 Å². The predicted octanol–water partition coefficient (Wildman–Crippen LogP) is 15.6. The van der Waals surface area contributed by atoms with Gasteiger partial charge < -0.3 is 60.1 Å². The van der Waals surface area contributed by atoms with Crippen LogP contribution in [-0.2, 0) is 76.6 Å². The number of rotatable bonds is 30. The van der Waals surface area contributed by atoms with Gasteiger partial charge in [-0.1, -0.05) is 0 Å². The van der Waals surface area contributed by atoms with Gasteiger partial charge in [-0.3, -0.25) is 40.5 Å². The molecule has 0 amide bonds. The molecule has 8 N–H and O–H groups in total. The van der Waals surface area contributed by atoms with Crippen molar-refractivity contribution in [3.8, 4) is 23.0 Å². The average Bonchev–Trinajstić information content (AvgIpc) is 0.771. The largest absolute Gasteiger partial charge is 0.507 e. The summed E-state index contributed by atoms with van der Waals surface area (Å²) < 4.78 is 188. The maximum atomic E-state index is 14.5. The van der Waals surface area contributed by atoms with Gasteiger partial charge in [-0.25, -0.2) is 0 Å². The van der Waals surface area contributed by atoms with Crippen molar-refractivity contribution < 1.29 is 111 Å². The number of alkyl halides is 12. The lowest BCUT2D eigenvalue weighted by atomic mass is 9.88. The van der Waals surface area contributed by atoms with Crippen LogP contribution in [0.1, 0.15) is 102 Å². The molecule has 0 fully saturated rings. The number of nitrogens with one attached hydrogen (secondary N) is 4. The third kappa shape index (κ3) is 21.2. The quantitative estimate of drug-likeness (QED) is 0.00682. The van der Waals surface area contributed by atoms with Crippen LogP contribution in [0.2, 0.25) is 0 Å². The van der Waals surface area contributed by atoms with Gasteiger partial charge in [0.05, 0.1) is 87.4 Å². The molecule has 36 heteroatoms. The van der Waals surface area contributed by atoms with Crippen LogP contribution in [0, 0.1) is 40.5 Å². The van der Waals surface area contributed by atoms with E-state index in [0.29, 0.717) is 96.5 Å². The van der Waals surface area contributed by atoms with E-state index in [-0.39, 0.29) is 179 Å². The van der Waals surface area contributed by atoms with Crippen LogP contribution in [0.15, 0.2) is 121 Å². The first kappa shape index (κ1) is 82.8. The zero-order valence-corrected chi connectivity index (χ0v) is 59.4. The van der Waals surface area contributed by atoms with Crippen molar-refractivity contribution in [2.24, 2.45) is 0 Å². The van der Waals surface area contributed by atoms with Crippen molar-refractivity contribution in [3.05, 3.63) is 251 Å². The number of hydrogen-bond acceptors (Lipinski definition) is 18. The minimum Gasteiger partial charge on any atom is -0.507 e. The number of fused-ring (bicyclic) bond motifs is 8. The monoisotopic (exact) mass is 1560 g/mol. The fourth-order valence-corrected chi connectivity index (χ4v) is 13.0. The summed E-state index contributed by atoms with van der Waals surface area (Å²) in [7, 11) is 7.41. The number of likely N-dealkylation sites (N-methyl/N-ethyl adjacent to an activating group) is 2. The average molecular weight is 1560 g/mol. The van der Waals surface area contributed by atoms with Crippen LogP contribution in [0.3, 0.4) is 0 Å². The highest BCUT2D eigenvalue weighted by molar-refractivity contribution is 5.63. The van der Waals surface area contributed by atoms with Gasteiger partial charge in [-0.15, -0.1) is 0 Å². The zero-order chi connectivity index (χ0) is 80.6. The molecule has 9 rings (SSSR count). The molecule has 1 aliphatic rings. The van der Waals surface area contributed by atoms with Crippen LogP contribution in [0.4, 0.5) is 98.2 Å². The molecular weight excluding hydrogens is 1480 g/mol. The summed E-state index contributed by atoms with van der Waals surface area (Å²) in [6.07, 6.45) is -21.6. The van der Waals surface area contributed by atoms with Gasteiger partial charge in [-0.05, 0) is 164 Å². The second kappa shape index (κ2) is 33.7. The fraction of sp³-hybridized carbons (Fsp3) is 0.351. The summed E-state index contributed by atoms with van der Waals surface area (Å²) in [6, 6.07) is 21.2. The number of hydrogen-bond donors (Lipinski definition) is 8. The van der Waals surface area contributed by atoms with Gasteiger partial charge in [0.15, 0.2) is 0 Å². The van der Waals surface area contributed by atoms with E-state index in [1.807, 2.05) is 28.2 Å². The smallest absolute Gasteiger partial charge is 0.423 e. The molecule has 110 heavy (non-hydrogen) atoms. The van der Waals surface area contributed by atoms with E-state index in [1.54, 1.807) is 24.3 Å². The lowest BCUT2D eigenvalue weighted by molar-refractivity contribution is -0.890. The van der Waals surface area contributed by atoms with Gasteiger partial charge in [0.25, 0.3) is 22.7 Å². The second-order valence-corrected chi connectivity index (χ2v) is 27.7. The van der Waals surface area contributed by atoms with Crippen LogP contribution < -0.4 is 30.7 Å². The first-order valence-corrected chi connectivity index (χ1v) is 34.0. The summed E-state index contributed by atoms with van der Waals surface area (Å²) in [5.74, 6) is -0.634. The lowest BCUT2D eigenvalue weighted by Crippen LogP contribution is -2.43. The molecule has 8 aromatic rings. The molecule has 1 aliphatic carbocycles. The molecule has 588 valence electrons. The molecule has 0 aliphatic heterocycles. The topological polar surface area (TPSA) is 320 Å². The van der Waals surface area contributed by atoms with Crippen LogP contribution in [0.5, 0.6) is 23.0 Å². The first-order chi connectivity index (χ1) is 51.5. The van der Waals surface area contributed by atoms with Crippen LogP contribution in [0.25, 0.3) is 0 Å². The molecule has 0 aromatic heterocycles. The SMILES string of the molecule is C[N+](C)(CCO)CCCOc1c2cc(CNc3ccc([N+](=O)[O-])c(C(F)(F)F)c3)cc1Cc1cc(CNc3ccc([N+](=O)[O-])c(C(F)(F)F)c3)cc(c1O)Cc1cc(CNc3ccc([N+](=O)[O-])c(C(F)(F)F)c3)cc(c1OCCC[N+](C)(C)CCO)Cc1cc(CNc3ccc([N+](=O)[O-])c(C(F)(F)F)c3)cc(c1O)C2. The van der Waals surface area contributed by atoms with Crippen molar-refractivity contribution in [3.63, 3.8) is 0 Å². The zero-order valence-electron chi connectivity index (χ0n) is 59.4. The van der Waals surface area contributed by atoms with E-state index in [4.69, 9.17) is 9.47 Å². The third-order valence-electron chi connectivity index (χ3n) is 18.5. The summed E-state index contributed by atoms with van der Waals surface area (Å²) in [6.45, 7) is -0.442. The number of nitro benzene ring substituents is 4. The molecule has 24 nitrogen and oxygen atoms in total. The molecular formula is C74H76F12N10O14+2. The van der Waals surface area contributed by atoms with E-state index < -0.39 is 101 Å².